The van der Waals surface area contributed by atoms with Gasteiger partial charge in [-0.25, -0.2) is 13.4 Å². The summed E-state index contributed by atoms with van der Waals surface area (Å²) < 4.78 is 29.3. The highest BCUT2D eigenvalue weighted by molar-refractivity contribution is 7.89. The number of rotatable bonds is 5. The quantitative estimate of drug-likeness (QED) is 0.697. The smallest absolute Gasteiger partial charge is 0.244 e. The van der Waals surface area contributed by atoms with Gasteiger partial charge in [0.1, 0.15) is 6.54 Å². The van der Waals surface area contributed by atoms with Gasteiger partial charge in [-0.2, -0.15) is 4.31 Å². The molecule has 7 nitrogen and oxygen atoms in total. The first-order chi connectivity index (χ1) is 14.0. The zero-order valence-corrected chi connectivity index (χ0v) is 16.9. The van der Waals surface area contributed by atoms with Gasteiger partial charge in [-0.15, -0.1) is 0 Å². The van der Waals surface area contributed by atoms with Crippen molar-refractivity contribution in [2.75, 3.05) is 18.4 Å². The van der Waals surface area contributed by atoms with Crippen LogP contribution in [-0.4, -0.2) is 41.3 Å². The maximum atomic E-state index is 13.0. The standard InChI is InChI=1S/C21H24N4O3S/c26-21(15-24-16-22-19-10-3-4-11-20(19)24)23-17-8-7-9-18(14-17)29(27,28)25-12-5-1-2-6-13-25/h3-4,7-11,14,16H,1-2,5-6,12-13,15H2,(H,23,26). The Morgan fingerprint density at radius 2 is 1.76 bits per heavy atom. The molecule has 2 aromatic carbocycles. The molecular weight excluding hydrogens is 388 g/mol. The number of nitrogens with one attached hydrogen (secondary N) is 1. The Balaban J connectivity index is 1.49. The van der Waals surface area contributed by atoms with E-state index >= 15 is 0 Å². The van der Waals surface area contributed by atoms with E-state index in [9.17, 15) is 13.2 Å². The van der Waals surface area contributed by atoms with Crippen LogP contribution in [0.4, 0.5) is 5.69 Å². The lowest BCUT2D eigenvalue weighted by atomic mass is 10.2. The summed E-state index contributed by atoms with van der Waals surface area (Å²) in [6, 6.07) is 14.1. The van der Waals surface area contributed by atoms with Gasteiger partial charge >= 0.3 is 0 Å². The number of benzene rings is 2. The molecule has 4 rings (SSSR count). The van der Waals surface area contributed by atoms with Crippen LogP contribution in [0.2, 0.25) is 0 Å². The highest BCUT2D eigenvalue weighted by Gasteiger charge is 2.25. The van der Waals surface area contributed by atoms with E-state index in [2.05, 4.69) is 10.3 Å². The van der Waals surface area contributed by atoms with E-state index in [1.165, 1.54) is 6.07 Å². The second-order valence-corrected chi connectivity index (χ2v) is 9.19. The van der Waals surface area contributed by atoms with E-state index in [0.29, 0.717) is 18.8 Å². The summed E-state index contributed by atoms with van der Waals surface area (Å²) in [5.74, 6) is -0.238. The Morgan fingerprint density at radius 3 is 2.55 bits per heavy atom. The predicted octanol–water partition coefficient (Wildman–Crippen LogP) is 3.24. The van der Waals surface area contributed by atoms with E-state index in [-0.39, 0.29) is 17.3 Å². The zero-order chi connectivity index (χ0) is 20.3. The van der Waals surface area contributed by atoms with Crippen LogP contribution in [0.5, 0.6) is 0 Å². The van der Waals surface area contributed by atoms with Crippen LogP contribution in [-0.2, 0) is 21.4 Å². The molecule has 1 aromatic heterocycles. The number of imidazole rings is 1. The average molecular weight is 413 g/mol. The fourth-order valence-corrected chi connectivity index (χ4v) is 5.22. The summed E-state index contributed by atoms with van der Waals surface area (Å²) >= 11 is 0. The third kappa shape index (κ3) is 4.33. The Morgan fingerprint density at radius 1 is 1.00 bits per heavy atom. The third-order valence-corrected chi connectivity index (χ3v) is 7.06. The van der Waals surface area contributed by atoms with Crippen LogP contribution in [0.15, 0.2) is 59.8 Å². The van der Waals surface area contributed by atoms with Crippen molar-refractivity contribution < 1.29 is 13.2 Å². The Hall–Kier alpha value is -2.71. The number of amides is 1. The van der Waals surface area contributed by atoms with Crippen molar-refractivity contribution in [2.24, 2.45) is 0 Å². The second-order valence-electron chi connectivity index (χ2n) is 7.26. The normalized spacial score (nSPS) is 15.9. The van der Waals surface area contributed by atoms with Gasteiger partial charge in [0, 0.05) is 18.8 Å². The Labute approximate surface area is 170 Å². The molecule has 1 aliphatic rings. The molecule has 0 saturated carbocycles. The molecule has 1 saturated heterocycles. The summed E-state index contributed by atoms with van der Waals surface area (Å²) in [6.45, 7) is 1.20. The number of aromatic nitrogens is 2. The number of nitrogens with zero attached hydrogens (tertiary/aromatic N) is 3. The van der Waals surface area contributed by atoms with Crippen LogP contribution in [0, 0.1) is 0 Å². The molecule has 2 heterocycles. The van der Waals surface area contributed by atoms with E-state index in [0.717, 1.165) is 36.7 Å². The molecule has 1 aliphatic heterocycles. The fourth-order valence-electron chi connectivity index (χ4n) is 3.66. The second kappa shape index (κ2) is 8.34. The van der Waals surface area contributed by atoms with Gasteiger partial charge in [0.2, 0.25) is 15.9 Å². The monoisotopic (exact) mass is 412 g/mol. The summed E-state index contributed by atoms with van der Waals surface area (Å²) in [6.07, 6.45) is 5.52. The van der Waals surface area contributed by atoms with Crippen molar-refractivity contribution in [1.82, 2.24) is 13.9 Å². The van der Waals surface area contributed by atoms with Gasteiger partial charge in [-0.1, -0.05) is 31.0 Å². The summed E-state index contributed by atoms with van der Waals surface area (Å²) in [4.78, 5) is 17.0. The molecule has 152 valence electrons. The Bertz CT molecular complexity index is 1120. The molecule has 1 amide bonds. The largest absolute Gasteiger partial charge is 0.324 e. The predicted molar refractivity (Wildman–Crippen MR) is 112 cm³/mol. The summed E-state index contributed by atoms with van der Waals surface area (Å²) in [5.41, 5.74) is 2.17. The molecule has 0 spiro atoms. The van der Waals surface area contributed by atoms with E-state index in [1.807, 2.05) is 24.3 Å². The van der Waals surface area contributed by atoms with E-state index in [4.69, 9.17) is 0 Å². The minimum Gasteiger partial charge on any atom is -0.324 e. The lowest BCUT2D eigenvalue weighted by Crippen LogP contribution is -2.32. The van der Waals surface area contributed by atoms with Gasteiger partial charge < -0.3 is 9.88 Å². The maximum absolute atomic E-state index is 13.0. The first kappa shape index (κ1) is 19.6. The number of carbonyl (C=O) groups is 1. The van der Waals surface area contributed by atoms with Gasteiger partial charge in [0.05, 0.1) is 22.3 Å². The zero-order valence-electron chi connectivity index (χ0n) is 16.1. The number of hydrogen-bond donors (Lipinski definition) is 1. The minimum atomic E-state index is -3.56. The molecule has 29 heavy (non-hydrogen) atoms. The Kier molecular flexibility index (Phi) is 5.64. The van der Waals surface area contributed by atoms with Crippen molar-refractivity contribution in [3.8, 4) is 0 Å². The SMILES string of the molecule is O=C(Cn1cnc2ccccc21)Nc1cccc(S(=O)(=O)N2CCCCCC2)c1. The molecule has 0 radical (unpaired) electrons. The molecule has 0 bridgehead atoms. The fraction of sp³-hybridized carbons (Fsp3) is 0.333. The van der Waals surface area contributed by atoms with Crippen LogP contribution >= 0.6 is 0 Å². The van der Waals surface area contributed by atoms with Crippen molar-refractivity contribution in [3.63, 3.8) is 0 Å². The average Bonchev–Trinajstić information content (AvgIpc) is 2.92. The lowest BCUT2D eigenvalue weighted by molar-refractivity contribution is -0.116. The lowest BCUT2D eigenvalue weighted by Gasteiger charge is -2.20. The molecular formula is C21H24N4O3S. The van der Waals surface area contributed by atoms with Crippen LogP contribution < -0.4 is 5.32 Å². The van der Waals surface area contributed by atoms with E-state index < -0.39 is 10.0 Å². The summed E-state index contributed by atoms with van der Waals surface area (Å²) in [7, 11) is -3.56. The number of carbonyl (C=O) groups excluding carboxylic acids is 1. The topological polar surface area (TPSA) is 84.3 Å². The molecule has 0 aliphatic carbocycles. The number of anilines is 1. The molecule has 0 atom stereocenters. The number of sulfonamides is 1. The molecule has 1 N–H and O–H groups in total. The van der Waals surface area contributed by atoms with E-state index in [1.54, 1.807) is 33.4 Å². The number of fused-ring (bicyclic) bond motifs is 1. The molecule has 3 aromatic rings. The van der Waals surface area contributed by atoms with Gasteiger partial charge in [-0.3, -0.25) is 4.79 Å². The van der Waals surface area contributed by atoms with Crippen molar-refractivity contribution in [3.05, 3.63) is 54.9 Å². The first-order valence-electron chi connectivity index (χ1n) is 9.84. The third-order valence-electron chi connectivity index (χ3n) is 5.16. The van der Waals surface area contributed by atoms with Gasteiger partial charge in [0.15, 0.2) is 0 Å². The molecule has 8 heteroatoms. The highest BCUT2D eigenvalue weighted by atomic mass is 32.2. The number of hydrogen-bond acceptors (Lipinski definition) is 4. The highest BCUT2D eigenvalue weighted by Crippen LogP contribution is 2.23. The van der Waals surface area contributed by atoms with Gasteiger partial charge in [-0.05, 0) is 43.2 Å². The molecule has 0 unspecified atom stereocenters. The van der Waals surface area contributed by atoms with Crippen LogP contribution in [0.3, 0.4) is 0 Å². The minimum absolute atomic E-state index is 0.101. The van der Waals surface area contributed by atoms with Crippen molar-refractivity contribution in [2.45, 2.75) is 37.1 Å². The van der Waals surface area contributed by atoms with Crippen LogP contribution in [0.25, 0.3) is 11.0 Å². The maximum Gasteiger partial charge on any atom is 0.244 e. The number of para-hydroxylation sites is 2. The van der Waals surface area contributed by atoms with Crippen molar-refractivity contribution >= 4 is 32.7 Å². The first-order valence-corrected chi connectivity index (χ1v) is 11.3. The molecule has 1 fully saturated rings. The van der Waals surface area contributed by atoms with Gasteiger partial charge in [0.25, 0.3) is 0 Å². The van der Waals surface area contributed by atoms with Crippen LogP contribution in [0.1, 0.15) is 25.7 Å². The summed E-state index contributed by atoms with van der Waals surface area (Å²) in [5, 5.41) is 2.80. The van der Waals surface area contributed by atoms with Crippen molar-refractivity contribution in [1.29, 1.82) is 0 Å².